The number of rotatable bonds is 4. The topological polar surface area (TPSA) is 0 Å². The van der Waals surface area contributed by atoms with Crippen LogP contribution < -0.4 is 0 Å². The molecule has 0 radical (unpaired) electrons. The Morgan fingerprint density at radius 1 is 1.20 bits per heavy atom. The van der Waals surface area contributed by atoms with Crippen molar-refractivity contribution in [1.29, 1.82) is 0 Å². The maximum absolute atomic E-state index is 2.85. The van der Waals surface area contributed by atoms with Crippen molar-refractivity contribution in [3.8, 4) is 0 Å². The molecule has 0 rings (SSSR count). The summed E-state index contributed by atoms with van der Waals surface area (Å²) < 4.78 is 0. The molecular formula is C9H21P. The van der Waals surface area contributed by atoms with Crippen LogP contribution in [0.4, 0.5) is 0 Å². The monoisotopic (exact) mass is 160 g/mol. The maximum atomic E-state index is 2.85. The van der Waals surface area contributed by atoms with E-state index in [9.17, 15) is 0 Å². The molecule has 0 aromatic carbocycles. The second-order valence-corrected chi connectivity index (χ2v) is 3.98. The first-order valence-corrected chi connectivity index (χ1v) is 5.15. The molecule has 0 aromatic rings. The lowest BCUT2D eigenvalue weighted by Crippen LogP contribution is -2.17. The van der Waals surface area contributed by atoms with E-state index in [1.807, 2.05) is 0 Å². The van der Waals surface area contributed by atoms with E-state index >= 15 is 0 Å². The van der Waals surface area contributed by atoms with Gasteiger partial charge in [-0.3, -0.25) is 0 Å². The van der Waals surface area contributed by atoms with E-state index < -0.39 is 0 Å². The fourth-order valence-electron chi connectivity index (χ4n) is 1.30. The van der Waals surface area contributed by atoms with Crippen molar-refractivity contribution in [3.63, 3.8) is 0 Å². The summed E-state index contributed by atoms with van der Waals surface area (Å²) in [5.41, 5.74) is 0. The molecule has 0 saturated carbocycles. The number of hydrogen-bond donors (Lipinski definition) is 0. The van der Waals surface area contributed by atoms with Crippen LogP contribution in [0.5, 0.6) is 0 Å². The van der Waals surface area contributed by atoms with Gasteiger partial charge in [-0.15, -0.1) is 9.24 Å². The molecule has 1 heteroatoms. The molecular weight excluding hydrogens is 139 g/mol. The summed E-state index contributed by atoms with van der Waals surface area (Å²) in [5, 5.41) is 0. The second kappa shape index (κ2) is 5.13. The van der Waals surface area contributed by atoms with Gasteiger partial charge in [0.2, 0.25) is 0 Å². The van der Waals surface area contributed by atoms with Gasteiger partial charge < -0.3 is 0 Å². The van der Waals surface area contributed by atoms with Gasteiger partial charge in [-0.05, 0) is 23.9 Å². The molecule has 0 spiro atoms. The van der Waals surface area contributed by atoms with E-state index in [0.29, 0.717) is 0 Å². The van der Waals surface area contributed by atoms with Crippen molar-refractivity contribution in [1.82, 2.24) is 0 Å². The van der Waals surface area contributed by atoms with Crippen LogP contribution in [0, 0.1) is 17.8 Å². The van der Waals surface area contributed by atoms with Crippen molar-refractivity contribution in [3.05, 3.63) is 0 Å². The molecule has 0 amide bonds. The normalized spacial score (nSPS) is 17.4. The van der Waals surface area contributed by atoms with Gasteiger partial charge in [0.25, 0.3) is 0 Å². The molecule has 10 heavy (non-hydrogen) atoms. The Morgan fingerprint density at radius 2 is 1.70 bits per heavy atom. The first kappa shape index (κ1) is 10.4. The van der Waals surface area contributed by atoms with E-state index in [-0.39, 0.29) is 0 Å². The van der Waals surface area contributed by atoms with E-state index in [1.165, 1.54) is 12.6 Å². The summed E-state index contributed by atoms with van der Waals surface area (Å²) in [6.45, 7) is 9.28. The molecule has 0 heterocycles. The molecule has 0 aliphatic rings. The van der Waals surface area contributed by atoms with Crippen LogP contribution in [0.2, 0.25) is 0 Å². The van der Waals surface area contributed by atoms with E-state index in [4.69, 9.17) is 0 Å². The fourth-order valence-corrected chi connectivity index (χ4v) is 2.06. The Morgan fingerprint density at radius 3 is 1.80 bits per heavy atom. The summed E-state index contributed by atoms with van der Waals surface area (Å²) in [7, 11) is 2.85. The van der Waals surface area contributed by atoms with Crippen molar-refractivity contribution >= 4 is 9.24 Å². The predicted octanol–water partition coefficient (Wildman–Crippen LogP) is 3.18. The quantitative estimate of drug-likeness (QED) is 0.554. The SMILES string of the molecule is CCC(CP)C(C)C(C)C. The average Bonchev–Trinajstić information content (AvgIpc) is 1.90. The Labute approximate surface area is 68.0 Å². The van der Waals surface area contributed by atoms with E-state index in [0.717, 1.165) is 17.8 Å². The molecule has 0 N–H and O–H groups in total. The van der Waals surface area contributed by atoms with Crippen LogP contribution in [-0.2, 0) is 0 Å². The molecule has 0 aliphatic carbocycles. The van der Waals surface area contributed by atoms with Crippen LogP contribution in [-0.4, -0.2) is 6.16 Å². The van der Waals surface area contributed by atoms with E-state index in [1.54, 1.807) is 0 Å². The van der Waals surface area contributed by atoms with Crippen LogP contribution in [0.1, 0.15) is 34.1 Å². The minimum absolute atomic E-state index is 0.838. The van der Waals surface area contributed by atoms with Gasteiger partial charge in [0.15, 0.2) is 0 Å². The highest BCUT2D eigenvalue weighted by atomic mass is 31.0. The summed E-state index contributed by atoms with van der Waals surface area (Å²) in [6, 6.07) is 0. The molecule has 3 unspecified atom stereocenters. The highest BCUT2D eigenvalue weighted by Gasteiger charge is 2.15. The Balaban J connectivity index is 3.76. The fraction of sp³-hybridized carbons (Fsp3) is 1.00. The number of hydrogen-bond acceptors (Lipinski definition) is 0. The largest absolute Gasteiger partial charge is 0.137 e. The minimum atomic E-state index is 0.838. The summed E-state index contributed by atoms with van der Waals surface area (Å²) in [5.74, 6) is 2.62. The molecule has 0 saturated heterocycles. The third kappa shape index (κ3) is 3.01. The van der Waals surface area contributed by atoms with Crippen LogP contribution in [0.3, 0.4) is 0 Å². The Kier molecular flexibility index (Phi) is 5.35. The molecule has 3 atom stereocenters. The molecule has 0 aliphatic heterocycles. The molecule has 0 nitrogen and oxygen atoms in total. The van der Waals surface area contributed by atoms with Crippen LogP contribution >= 0.6 is 9.24 Å². The third-order valence-electron chi connectivity index (χ3n) is 2.62. The van der Waals surface area contributed by atoms with Crippen LogP contribution in [0.15, 0.2) is 0 Å². The summed E-state index contributed by atoms with van der Waals surface area (Å²) in [4.78, 5) is 0. The van der Waals surface area contributed by atoms with Gasteiger partial charge in [-0.2, -0.15) is 0 Å². The zero-order chi connectivity index (χ0) is 8.15. The third-order valence-corrected chi connectivity index (χ3v) is 3.23. The van der Waals surface area contributed by atoms with E-state index in [2.05, 4.69) is 36.9 Å². The lowest BCUT2D eigenvalue weighted by Gasteiger charge is -2.24. The van der Waals surface area contributed by atoms with Gasteiger partial charge >= 0.3 is 0 Å². The lowest BCUT2D eigenvalue weighted by atomic mass is 9.85. The van der Waals surface area contributed by atoms with Crippen molar-refractivity contribution in [2.45, 2.75) is 34.1 Å². The molecule has 0 bridgehead atoms. The molecule has 0 fully saturated rings. The van der Waals surface area contributed by atoms with Gasteiger partial charge in [0.1, 0.15) is 0 Å². The first-order chi connectivity index (χ1) is 4.63. The lowest BCUT2D eigenvalue weighted by molar-refractivity contribution is 0.294. The highest BCUT2D eigenvalue weighted by molar-refractivity contribution is 7.16. The molecule has 62 valence electrons. The minimum Gasteiger partial charge on any atom is -0.137 e. The van der Waals surface area contributed by atoms with Crippen molar-refractivity contribution in [2.24, 2.45) is 17.8 Å². The summed E-state index contributed by atoms with van der Waals surface area (Å²) in [6.07, 6.45) is 2.58. The van der Waals surface area contributed by atoms with Gasteiger partial charge in [-0.1, -0.05) is 34.1 Å². The van der Waals surface area contributed by atoms with Gasteiger partial charge in [0.05, 0.1) is 0 Å². The van der Waals surface area contributed by atoms with Crippen molar-refractivity contribution in [2.75, 3.05) is 6.16 Å². The van der Waals surface area contributed by atoms with Gasteiger partial charge in [-0.25, -0.2) is 0 Å². The Bertz CT molecular complexity index is 74.8. The zero-order valence-corrected chi connectivity index (χ0v) is 8.88. The molecule has 0 aromatic heterocycles. The predicted molar refractivity (Wildman–Crippen MR) is 52.4 cm³/mol. The summed E-state index contributed by atoms with van der Waals surface area (Å²) >= 11 is 0. The standard InChI is InChI=1S/C9H21P/c1-5-9(6-10)8(4)7(2)3/h7-9H,5-6,10H2,1-4H3. The second-order valence-electron chi connectivity index (χ2n) is 3.51. The van der Waals surface area contributed by atoms with Gasteiger partial charge in [0, 0.05) is 0 Å². The zero-order valence-electron chi connectivity index (χ0n) is 7.72. The Hall–Kier alpha value is 0.430. The van der Waals surface area contributed by atoms with Crippen LogP contribution in [0.25, 0.3) is 0 Å². The first-order valence-electron chi connectivity index (χ1n) is 4.33. The highest BCUT2D eigenvalue weighted by Crippen LogP contribution is 2.24. The maximum Gasteiger partial charge on any atom is -0.0350 e. The van der Waals surface area contributed by atoms with Crippen molar-refractivity contribution < 1.29 is 0 Å². The smallest absolute Gasteiger partial charge is 0.0350 e. The average molecular weight is 160 g/mol.